The summed E-state index contributed by atoms with van der Waals surface area (Å²) in [7, 11) is 0. The number of hydrogen-bond donors (Lipinski definition) is 0. The van der Waals surface area contributed by atoms with E-state index in [9.17, 15) is 14.4 Å². The van der Waals surface area contributed by atoms with Gasteiger partial charge in [-0.15, -0.1) is 0 Å². The number of ether oxygens (including phenoxy) is 1. The number of rotatable bonds is 3. The van der Waals surface area contributed by atoms with Gasteiger partial charge in [0.25, 0.3) is 0 Å². The van der Waals surface area contributed by atoms with Crippen LogP contribution in [0.15, 0.2) is 23.8 Å². The second-order valence-corrected chi connectivity index (χ2v) is 9.88. The maximum absolute atomic E-state index is 12.4. The summed E-state index contributed by atoms with van der Waals surface area (Å²) in [6.45, 7) is 8.03. The minimum atomic E-state index is -0.204. The molecule has 7 atom stereocenters. The number of ketones is 2. The zero-order valence-electron chi connectivity index (χ0n) is 17.5. The van der Waals surface area contributed by atoms with Crippen LogP contribution < -0.4 is 0 Å². The zero-order chi connectivity index (χ0) is 20.3. The molecule has 28 heavy (non-hydrogen) atoms. The number of hydrogen-bond acceptors (Lipinski definition) is 4. The third-order valence-electron chi connectivity index (χ3n) is 8.49. The average molecular weight is 385 g/mol. The molecule has 0 aromatic heterocycles. The van der Waals surface area contributed by atoms with Crippen LogP contribution in [0.4, 0.5) is 0 Å². The van der Waals surface area contributed by atoms with Crippen LogP contribution in [0.2, 0.25) is 0 Å². The molecule has 4 nitrogen and oxygen atoms in total. The van der Waals surface area contributed by atoms with Gasteiger partial charge in [0.05, 0.1) is 0 Å². The number of fused-ring (bicyclic) bond motifs is 5. The summed E-state index contributed by atoms with van der Waals surface area (Å²) in [5.41, 5.74) is 0.812. The second kappa shape index (κ2) is 6.67. The summed E-state index contributed by atoms with van der Waals surface area (Å²) < 4.78 is 6.06. The summed E-state index contributed by atoms with van der Waals surface area (Å²) in [6.07, 6.45) is 10.5. The third-order valence-corrected chi connectivity index (χ3v) is 8.49. The molecule has 0 spiro atoms. The minimum absolute atomic E-state index is 0.0485. The Labute approximate surface area is 167 Å². The predicted octanol–water partition coefficient (Wildman–Crippen LogP) is 4.43. The number of esters is 1. The molecular formula is C24H32O4. The van der Waals surface area contributed by atoms with Gasteiger partial charge in [-0.1, -0.05) is 32.9 Å². The zero-order valence-corrected chi connectivity index (χ0v) is 17.5. The van der Waals surface area contributed by atoms with Crippen molar-refractivity contribution in [2.24, 2.45) is 34.5 Å². The molecule has 0 heterocycles. The molecule has 0 N–H and O–H groups in total. The van der Waals surface area contributed by atoms with E-state index in [1.165, 1.54) is 0 Å². The first-order valence-corrected chi connectivity index (χ1v) is 10.8. The van der Waals surface area contributed by atoms with Crippen molar-refractivity contribution >= 4 is 17.5 Å². The van der Waals surface area contributed by atoms with Crippen LogP contribution in [0.1, 0.15) is 66.2 Å². The van der Waals surface area contributed by atoms with Crippen molar-refractivity contribution in [2.75, 3.05) is 0 Å². The van der Waals surface area contributed by atoms with Crippen molar-refractivity contribution in [2.45, 2.75) is 72.3 Å². The lowest BCUT2D eigenvalue weighted by Crippen LogP contribution is -2.56. The van der Waals surface area contributed by atoms with Crippen molar-refractivity contribution < 1.29 is 19.1 Å². The minimum Gasteiger partial charge on any atom is -0.462 e. The summed E-state index contributed by atoms with van der Waals surface area (Å²) in [6, 6.07) is 0. The Morgan fingerprint density at radius 1 is 1.25 bits per heavy atom. The Hall–Kier alpha value is -1.71. The third kappa shape index (κ3) is 2.74. The highest BCUT2D eigenvalue weighted by Crippen LogP contribution is 2.65. The van der Waals surface area contributed by atoms with Crippen LogP contribution in [0, 0.1) is 34.5 Å². The van der Waals surface area contributed by atoms with E-state index in [4.69, 9.17) is 4.74 Å². The lowest BCUT2D eigenvalue weighted by molar-refractivity contribution is -0.171. The first-order chi connectivity index (χ1) is 13.2. The fraction of sp³-hybridized carbons (Fsp3) is 0.708. The van der Waals surface area contributed by atoms with Crippen LogP contribution in [0.25, 0.3) is 0 Å². The molecule has 0 radical (unpaired) electrons. The van der Waals surface area contributed by atoms with Gasteiger partial charge in [-0.3, -0.25) is 14.4 Å². The first kappa shape index (κ1) is 19.6. The molecule has 4 rings (SSSR count). The van der Waals surface area contributed by atoms with Gasteiger partial charge in [0.15, 0.2) is 5.78 Å². The first-order valence-electron chi connectivity index (χ1n) is 10.8. The van der Waals surface area contributed by atoms with Gasteiger partial charge in [0.2, 0.25) is 0 Å². The SMILES string of the molecule is CCC(=O)O[C@H]1C[C@]2(C)[C@@H](C(C)=O)CC[C@H]2[C@@H]2C=CC3=CC(=O)CC[C@@]3(C)[C@@H]21. The van der Waals surface area contributed by atoms with Gasteiger partial charge in [-0.25, -0.2) is 0 Å². The van der Waals surface area contributed by atoms with E-state index in [-0.39, 0.29) is 52.2 Å². The molecule has 152 valence electrons. The molecular weight excluding hydrogens is 352 g/mol. The molecule has 2 saturated carbocycles. The second-order valence-electron chi connectivity index (χ2n) is 9.88. The van der Waals surface area contributed by atoms with E-state index in [2.05, 4.69) is 26.0 Å². The number of carbonyl (C=O) groups is 3. The maximum Gasteiger partial charge on any atom is 0.305 e. The van der Waals surface area contributed by atoms with E-state index < -0.39 is 0 Å². The van der Waals surface area contributed by atoms with Gasteiger partial charge < -0.3 is 4.74 Å². The van der Waals surface area contributed by atoms with Crippen LogP contribution in [0.5, 0.6) is 0 Å². The predicted molar refractivity (Wildman–Crippen MR) is 106 cm³/mol. The van der Waals surface area contributed by atoms with E-state index >= 15 is 0 Å². The van der Waals surface area contributed by atoms with Crippen molar-refractivity contribution in [1.82, 2.24) is 0 Å². The van der Waals surface area contributed by atoms with E-state index in [1.807, 2.05) is 6.92 Å². The van der Waals surface area contributed by atoms with Crippen LogP contribution >= 0.6 is 0 Å². The number of carbonyl (C=O) groups excluding carboxylic acids is 3. The van der Waals surface area contributed by atoms with Crippen molar-refractivity contribution in [3.8, 4) is 0 Å². The Balaban J connectivity index is 1.80. The molecule has 2 fully saturated rings. The molecule has 4 heteroatoms. The molecule has 0 bridgehead atoms. The fourth-order valence-electron chi connectivity index (χ4n) is 7.12. The van der Waals surface area contributed by atoms with Gasteiger partial charge in [0.1, 0.15) is 11.9 Å². The van der Waals surface area contributed by atoms with Crippen LogP contribution in [-0.2, 0) is 19.1 Å². The number of allylic oxidation sites excluding steroid dienone is 4. The van der Waals surface area contributed by atoms with E-state index in [0.717, 1.165) is 31.3 Å². The Bertz CT molecular complexity index is 777. The van der Waals surface area contributed by atoms with Gasteiger partial charge in [-0.05, 0) is 66.9 Å². The molecule has 0 saturated heterocycles. The molecule has 0 aromatic rings. The fourth-order valence-corrected chi connectivity index (χ4v) is 7.12. The molecule has 0 unspecified atom stereocenters. The molecule has 4 aliphatic rings. The van der Waals surface area contributed by atoms with Crippen molar-refractivity contribution in [3.63, 3.8) is 0 Å². The topological polar surface area (TPSA) is 60.4 Å². The number of Topliss-reactive ketones (excluding diaryl/α,β-unsaturated/α-hetero) is 1. The standard InChI is InChI=1S/C24H32O4/c1-5-21(27)28-20-13-24(4)18(14(2)25)8-9-19(24)17-7-6-15-12-16(26)10-11-23(15,3)22(17)20/h6-7,12,17-20,22H,5,8-11,13H2,1-4H3/t17-,18+,19-,20-,22-,23+,24+/m0/s1. The highest BCUT2D eigenvalue weighted by molar-refractivity contribution is 5.92. The Kier molecular flexibility index (Phi) is 4.67. The van der Waals surface area contributed by atoms with Gasteiger partial charge in [-0.2, -0.15) is 0 Å². The summed E-state index contributed by atoms with van der Waals surface area (Å²) in [5.74, 6) is 1.22. The van der Waals surface area contributed by atoms with Crippen molar-refractivity contribution in [1.29, 1.82) is 0 Å². The highest BCUT2D eigenvalue weighted by atomic mass is 16.5. The summed E-state index contributed by atoms with van der Waals surface area (Å²) >= 11 is 0. The summed E-state index contributed by atoms with van der Waals surface area (Å²) in [4.78, 5) is 36.8. The molecule has 0 amide bonds. The Morgan fingerprint density at radius 2 is 2.00 bits per heavy atom. The monoisotopic (exact) mass is 384 g/mol. The molecule has 0 aliphatic heterocycles. The summed E-state index contributed by atoms with van der Waals surface area (Å²) in [5, 5.41) is 0. The van der Waals surface area contributed by atoms with Gasteiger partial charge >= 0.3 is 5.97 Å². The molecule has 0 aromatic carbocycles. The lowest BCUT2D eigenvalue weighted by Gasteiger charge is -2.58. The van der Waals surface area contributed by atoms with Crippen LogP contribution in [0.3, 0.4) is 0 Å². The maximum atomic E-state index is 12.4. The quantitative estimate of drug-likeness (QED) is 0.675. The highest BCUT2D eigenvalue weighted by Gasteiger charge is 2.62. The Morgan fingerprint density at radius 3 is 2.68 bits per heavy atom. The lowest BCUT2D eigenvalue weighted by atomic mass is 9.47. The average Bonchev–Trinajstić information content (AvgIpc) is 2.98. The van der Waals surface area contributed by atoms with Crippen LogP contribution in [-0.4, -0.2) is 23.6 Å². The normalized spacial score (nSPS) is 44.2. The van der Waals surface area contributed by atoms with Gasteiger partial charge in [0, 0.05) is 24.7 Å². The van der Waals surface area contributed by atoms with Crippen molar-refractivity contribution in [3.05, 3.63) is 23.8 Å². The van der Waals surface area contributed by atoms with E-state index in [0.29, 0.717) is 18.8 Å². The molecule has 4 aliphatic carbocycles. The van der Waals surface area contributed by atoms with E-state index in [1.54, 1.807) is 13.0 Å². The largest absolute Gasteiger partial charge is 0.462 e. The smallest absolute Gasteiger partial charge is 0.305 e.